The maximum atomic E-state index is 9.06. The van der Waals surface area contributed by atoms with Crippen LogP contribution in [0.15, 0.2) is 18.2 Å². The standard InChI is InChI=1S/C13H16N4S/c1-9(8-18-2)7-17-11-5-3-4-10(6-14)12(11)16-13(17)15/h3-5,9H,7-8H2,1-2H3,(H2,15,16). The van der Waals surface area contributed by atoms with Gasteiger partial charge in [-0.25, -0.2) is 4.98 Å². The lowest BCUT2D eigenvalue weighted by Crippen LogP contribution is -2.12. The number of thioether (sulfide) groups is 1. The first kappa shape index (κ1) is 12.8. The number of para-hydroxylation sites is 1. The Kier molecular flexibility index (Phi) is 3.78. The van der Waals surface area contributed by atoms with Crippen molar-refractivity contribution in [2.24, 2.45) is 5.92 Å². The van der Waals surface area contributed by atoms with E-state index >= 15 is 0 Å². The Morgan fingerprint density at radius 1 is 1.56 bits per heavy atom. The number of rotatable bonds is 4. The van der Waals surface area contributed by atoms with E-state index in [0.29, 0.717) is 22.9 Å². The van der Waals surface area contributed by atoms with Crippen LogP contribution in [0.3, 0.4) is 0 Å². The van der Waals surface area contributed by atoms with E-state index in [1.165, 1.54) is 0 Å². The fourth-order valence-electron chi connectivity index (χ4n) is 2.10. The highest BCUT2D eigenvalue weighted by Gasteiger charge is 2.13. The zero-order valence-corrected chi connectivity index (χ0v) is 11.4. The summed E-state index contributed by atoms with van der Waals surface area (Å²) in [5, 5.41) is 9.06. The second kappa shape index (κ2) is 5.32. The molecule has 18 heavy (non-hydrogen) atoms. The van der Waals surface area contributed by atoms with Crippen LogP contribution in [-0.4, -0.2) is 21.6 Å². The molecule has 2 aromatic rings. The molecule has 1 aromatic heterocycles. The molecule has 0 bridgehead atoms. The normalized spacial score (nSPS) is 12.5. The molecule has 94 valence electrons. The molecule has 1 aromatic carbocycles. The number of nitriles is 1. The number of hydrogen-bond acceptors (Lipinski definition) is 4. The molecule has 1 atom stereocenters. The largest absolute Gasteiger partial charge is 0.369 e. The zero-order valence-electron chi connectivity index (χ0n) is 10.6. The molecule has 0 amide bonds. The minimum absolute atomic E-state index is 0.487. The van der Waals surface area contributed by atoms with Gasteiger partial charge in [0, 0.05) is 6.54 Å². The minimum atomic E-state index is 0.487. The highest BCUT2D eigenvalue weighted by Crippen LogP contribution is 2.22. The van der Waals surface area contributed by atoms with E-state index in [1.54, 1.807) is 6.07 Å². The van der Waals surface area contributed by atoms with Crippen molar-refractivity contribution in [2.45, 2.75) is 13.5 Å². The molecule has 0 aliphatic carbocycles. The lowest BCUT2D eigenvalue weighted by Gasteiger charge is -2.12. The molecule has 0 saturated heterocycles. The molecule has 2 rings (SSSR count). The third kappa shape index (κ3) is 2.29. The van der Waals surface area contributed by atoms with Gasteiger partial charge in [-0.2, -0.15) is 17.0 Å². The van der Waals surface area contributed by atoms with Gasteiger partial charge in [-0.3, -0.25) is 0 Å². The van der Waals surface area contributed by atoms with Crippen LogP contribution in [-0.2, 0) is 6.54 Å². The first-order valence-electron chi connectivity index (χ1n) is 5.81. The van der Waals surface area contributed by atoms with E-state index in [9.17, 15) is 0 Å². The van der Waals surface area contributed by atoms with Gasteiger partial charge in [-0.15, -0.1) is 0 Å². The molecule has 2 N–H and O–H groups in total. The summed E-state index contributed by atoms with van der Waals surface area (Å²) in [4.78, 5) is 4.31. The van der Waals surface area contributed by atoms with Crippen molar-refractivity contribution >= 4 is 28.7 Å². The summed E-state index contributed by atoms with van der Waals surface area (Å²) in [6, 6.07) is 7.76. The monoisotopic (exact) mass is 260 g/mol. The van der Waals surface area contributed by atoms with Crippen molar-refractivity contribution in [2.75, 3.05) is 17.7 Å². The highest BCUT2D eigenvalue weighted by atomic mass is 32.2. The number of aromatic nitrogens is 2. The average molecular weight is 260 g/mol. The van der Waals surface area contributed by atoms with Crippen molar-refractivity contribution < 1.29 is 0 Å². The van der Waals surface area contributed by atoms with Gasteiger partial charge < -0.3 is 10.3 Å². The average Bonchev–Trinajstić information content (AvgIpc) is 2.66. The molecule has 0 aliphatic heterocycles. The van der Waals surface area contributed by atoms with Gasteiger partial charge in [0.15, 0.2) is 0 Å². The van der Waals surface area contributed by atoms with Crippen LogP contribution < -0.4 is 5.73 Å². The van der Waals surface area contributed by atoms with Crippen LogP contribution in [0.25, 0.3) is 11.0 Å². The molecule has 0 aliphatic rings. The number of imidazole rings is 1. The first-order valence-corrected chi connectivity index (χ1v) is 7.20. The third-order valence-corrected chi connectivity index (χ3v) is 3.78. The van der Waals surface area contributed by atoms with Crippen molar-refractivity contribution in [3.05, 3.63) is 23.8 Å². The van der Waals surface area contributed by atoms with E-state index < -0.39 is 0 Å². The number of nitrogens with zero attached hydrogens (tertiary/aromatic N) is 3. The van der Waals surface area contributed by atoms with Crippen LogP contribution in [0.5, 0.6) is 0 Å². The van der Waals surface area contributed by atoms with E-state index in [0.717, 1.165) is 17.8 Å². The highest BCUT2D eigenvalue weighted by molar-refractivity contribution is 7.98. The Labute approximate surface area is 111 Å². The Bertz CT molecular complexity index is 597. The van der Waals surface area contributed by atoms with Crippen LogP contribution >= 0.6 is 11.8 Å². The van der Waals surface area contributed by atoms with E-state index in [-0.39, 0.29) is 0 Å². The zero-order chi connectivity index (χ0) is 13.1. The Hall–Kier alpha value is -1.67. The van der Waals surface area contributed by atoms with Crippen molar-refractivity contribution in [1.82, 2.24) is 9.55 Å². The van der Waals surface area contributed by atoms with Crippen molar-refractivity contribution in [3.63, 3.8) is 0 Å². The lowest BCUT2D eigenvalue weighted by molar-refractivity contribution is 0.546. The topological polar surface area (TPSA) is 67.6 Å². The Morgan fingerprint density at radius 2 is 2.33 bits per heavy atom. The van der Waals surface area contributed by atoms with E-state index in [4.69, 9.17) is 11.0 Å². The van der Waals surface area contributed by atoms with Crippen LogP contribution in [0.4, 0.5) is 5.95 Å². The van der Waals surface area contributed by atoms with Gasteiger partial charge in [0.2, 0.25) is 5.95 Å². The number of fused-ring (bicyclic) bond motifs is 1. The third-order valence-electron chi connectivity index (χ3n) is 2.87. The summed E-state index contributed by atoms with van der Waals surface area (Å²) in [7, 11) is 0. The van der Waals surface area contributed by atoms with E-state index in [2.05, 4.69) is 24.2 Å². The number of anilines is 1. The van der Waals surface area contributed by atoms with Crippen molar-refractivity contribution in [3.8, 4) is 6.07 Å². The van der Waals surface area contributed by atoms with Crippen LogP contribution in [0.1, 0.15) is 12.5 Å². The molecule has 1 unspecified atom stereocenters. The number of nitrogens with two attached hydrogens (primary N) is 1. The smallest absolute Gasteiger partial charge is 0.201 e. The van der Waals surface area contributed by atoms with Crippen molar-refractivity contribution in [1.29, 1.82) is 5.26 Å². The van der Waals surface area contributed by atoms with Gasteiger partial charge in [-0.1, -0.05) is 13.0 Å². The summed E-state index contributed by atoms with van der Waals surface area (Å²) >= 11 is 1.82. The molecular formula is C13H16N4S. The molecule has 0 fully saturated rings. The van der Waals surface area contributed by atoms with Gasteiger partial charge in [0.25, 0.3) is 0 Å². The maximum Gasteiger partial charge on any atom is 0.201 e. The summed E-state index contributed by atoms with van der Waals surface area (Å²) in [6.45, 7) is 3.02. The van der Waals surface area contributed by atoms with E-state index in [1.807, 2.05) is 28.5 Å². The van der Waals surface area contributed by atoms with Gasteiger partial charge in [-0.05, 0) is 30.1 Å². The Balaban J connectivity index is 2.45. The second-order valence-electron chi connectivity index (χ2n) is 4.43. The van der Waals surface area contributed by atoms with Gasteiger partial charge >= 0.3 is 0 Å². The molecule has 0 spiro atoms. The Morgan fingerprint density at radius 3 is 3.00 bits per heavy atom. The van der Waals surface area contributed by atoms with Crippen LogP contribution in [0, 0.1) is 17.2 Å². The van der Waals surface area contributed by atoms with Gasteiger partial charge in [0.1, 0.15) is 11.6 Å². The summed E-state index contributed by atoms with van der Waals surface area (Å²) in [5.74, 6) is 2.09. The molecule has 5 heteroatoms. The number of hydrogen-bond donors (Lipinski definition) is 1. The number of nitrogen functional groups attached to an aromatic ring is 1. The van der Waals surface area contributed by atoms with Crippen LogP contribution in [0.2, 0.25) is 0 Å². The predicted molar refractivity (Wildman–Crippen MR) is 76.4 cm³/mol. The molecule has 1 heterocycles. The fourth-order valence-corrected chi connectivity index (χ4v) is 2.77. The lowest BCUT2D eigenvalue weighted by atomic mass is 10.2. The predicted octanol–water partition coefficient (Wildman–Crippen LogP) is 2.49. The van der Waals surface area contributed by atoms with Gasteiger partial charge in [0.05, 0.1) is 11.1 Å². The molecular weight excluding hydrogens is 244 g/mol. The molecule has 0 saturated carbocycles. The SMILES string of the molecule is CSCC(C)Cn1c(N)nc2c(C#N)cccc21. The number of benzene rings is 1. The summed E-state index contributed by atoms with van der Waals surface area (Å²) < 4.78 is 2.00. The maximum absolute atomic E-state index is 9.06. The summed E-state index contributed by atoms with van der Waals surface area (Å²) in [6.07, 6.45) is 2.10. The fraction of sp³-hybridized carbons (Fsp3) is 0.385. The first-order chi connectivity index (χ1) is 8.67. The second-order valence-corrected chi connectivity index (χ2v) is 5.34. The molecule has 4 nitrogen and oxygen atoms in total. The minimum Gasteiger partial charge on any atom is -0.369 e. The summed E-state index contributed by atoms with van der Waals surface area (Å²) in [5.41, 5.74) is 8.18. The quantitative estimate of drug-likeness (QED) is 0.917. The molecule has 0 radical (unpaired) electrons.